The Kier molecular flexibility index (Phi) is 9.29. The third-order valence-corrected chi connectivity index (χ3v) is 13.6. The van der Waals surface area contributed by atoms with E-state index in [2.05, 4.69) is 18.8 Å². The van der Waals surface area contributed by atoms with E-state index in [1.807, 2.05) is 26.8 Å². The van der Waals surface area contributed by atoms with E-state index in [1.165, 1.54) is 6.92 Å². The molecule has 3 N–H and O–H groups in total. The second-order valence-electron chi connectivity index (χ2n) is 16.3. The molecule has 0 spiro atoms. The van der Waals surface area contributed by atoms with Crippen molar-refractivity contribution in [1.82, 2.24) is 5.32 Å². The van der Waals surface area contributed by atoms with E-state index in [4.69, 9.17) is 18.9 Å². The lowest BCUT2D eigenvalue weighted by atomic mass is 9.41. The summed E-state index contributed by atoms with van der Waals surface area (Å²) in [6.45, 7) is 13.5. The number of hydrogen-bond acceptors (Lipinski definition) is 9. The van der Waals surface area contributed by atoms with Crippen LogP contribution < -0.4 is 5.32 Å². The first kappa shape index (κ1) is 36.5. The Labute approximate surface area is 305 Å². The summed E-state index contributed by atoms with van der Waals surface area (Å²) in [5, 5.41) is 27.5. The van der Waals surface area contributed by atoms with Gasteiger partial charge < -0.3 is 34.5 Å². The Morgan fingerprint density at radius 2 is 1.65 bits per heavy atom. The van der Waals surface area contributed by atoms with Gasteiger partial charge in [-0.15, -0.1) is 0 Å². The molecule has 10 heteroatoms. The molecule has 2 aromatic carbocycles. The number of carbonyl (C=O) groups excluding carboxylic acids is 3. The van der Waals surface area contributed by atoms with Crippen LogP contribution in [0.3, 0.4) is 0 Å². The monoisotopic (exact) mass is 713 g/mol. The fourth-order valence-corrected chi connectivity index (χ4v) is 10.3. The molecule has 0 radical (unpaired) electrons. The first-order valence-electron chi connectivity index (χ1n) is 18.5. The number of esters is 2. The molecular weight excluding hydrogens is 662 g/mol. The van der Waals surface area contributed by atoms with Crippen LogP contribution >= 0.6 is 0 Å². The molecule has 10 nitrogen and oxygen atoms in total. The maximum Gasteiger partial charge on any atom is 0.338 e. The van der Waals surface area contributed by atoms with Gasteiger partial charge in [0.1, 0.15) is 11.7 Å². The predicted octanol–water partition coefficient (Wildman–Crippen LogP) is 5.74. The fraction of sp³-hybridized carbons (Fsp3) is 0.548. The van der Waals surface area contributed by atoms with Gasteiger partial charge in [0.2, 0.25) is 0 Å². The number of benzene rings is 2. The highest BCUT2D eigenvalue weighted by Gasteiger charge is 2.73. The standard InChI is InChI=1S/C42H51NO9/c1-7-34-50-32-20-28-18-19-42(28,52-25(3)44)31-23-41(48)22-30(24(2)29(39(41,4)5)21-33(51-34)40(31,32)6)49-38(47)36(45)35(26-14-10-8-11-15-26)43-37(46)27-16-12-9-13-17-27/h7-17,28,30-36,45,48H,1,18-23H2,2-6H3,(H,43,46)/t28-,30+,31+,32+,33+,34?,35+,36-,40+,41-,42+/m1/s1. The van der Waals surface area contributed by atoms with Crippen molar-refractivity contribution in [3.05, 3.63) is 95.6 Å². The minimum atomic E-state index is -1.75. The maximum atomic E-state index is 14.0. The molecule has 1 heterocycles. The highest BCUT2D eigenvalue weighted by atomic mass is 16.7. The summed E-state index contributed by atoms with van der Waals surface area (Å²) in [7, 11) is 0. The molecule has 4 fully saturated rings. The van der Waals surface area contributed by atoms with E-state index in [0.717, 1.165) is 17.6 Å². The van der Waals surface area contributed by atoms with Crippen molar-refractivity contribution in [1.29, 1.82) is 0 Å². The zero-order chi connectivity index (χ0) is 37.2. The van der Waals surface area contributed by atoms with Gasteiger partial charge in [0.25, 0.3) is 5.91 Å². The molecule has 1 saturated heterocycles. The SMILES string of the molecule is C=CC1O[C@H]2CC3=C(C)[C@@H](OC(=O)[C@H](O)[C@@H](NC(=O)c4ccccc4)c4ccccc4)C[C@@](O)(C[C@@H]4[C@]5(OC(C)=O)CC[C@@H]5C[C@H](O1)[C@@]24C)C3(C)C. The molecule has 2 bridgehead atoms. The average molecular weight is 714 g/mol. The molecule has 5 aliphatic rings. The molecule has 11 atom stereocenters. The summed E-state index contributed by atoms with van der Waals surface area (Å²) in [5.74, 6) is -1.97. The summed E-state index contributed by atoms with van der Waals surface area (Å²) in [6.07, 6.45) is 0.863. The van der Waals surface area contributed by atoms with Crippen LogP contribution in [0.5, 0.6) is 0 Å². The molecule has 1 unspecified atom stereocenters. The van der Waals surface area contributed by atoms with Crippen LogP contribution in [-0.4, -0.2) is 70.0 Å². The van der Waals surface area contributed by atoms with E-state index in [9.17, 15) is 24.6 Å². The van der Waals surface area contributed by atoms with Crippen LogP contribution in [0.25, 0.3) is 0 Å². The van der Waals surface area contributed by atoms with Crippen molar-refractivity contribution < 1.29 is 43.5 Å². The van der Waals surface area contributed by atoms with Gasteiger partial charge in [0.15, 0.2) is 12.4 Å². The third-order valence-electron chi connectivity index (χ3n) is 13.6. The minimum Gasteiger partial charge on any atom is -0.459 e. The number of nitrogens with one attached hydrogen (secondary N) is 1. The van der Waals surface area contributed by atoms with Gasteiger partial charge in [0, 0.05) is 41.6 Å². The van der Waals surface area contributed by atoms with Crippen molar-refractivity contribution in [2.75, 3.05) is 0 Å². The Hall–Kier alpha value is -3.83. The van der Waals surface area contributed by atoms with Crippen LogP contribution in [0, 0.1) is 22.7 Å². The normalized spacial score (nSPS) is 37.0. The lowest BCUT2D eigenvalue weighted by Gasteiger charge is -2.70. The predicted molar refractivity (Wildman–Crippen MR) is 191 cm³/mol. The molecule has 1 aliphatic heterocycles. The highest BCUT2D eigenvalue weighted by Crippen LogP contribution is 2.69. The molecule has 52 heavy (non-hydrogen) atoms. The first-order valence-corrected chi connectivity index (χ1v) is 18.5. The zero-order valence-electron chi connectivity index (χ0n) is 30.7. The zero-order valence-corrected chi connectivity index (χ0v) is 30.7. The largest absolute Gasteiger partial charge is 0.459 e. The number of aliphatic hydroxyl groups is 2. The third kappa shape index (κ3) is 5.73. The topological polar surface area (TPSA) is 141 Å². The Morgan fingerprint density at radius 1 is 1.00 bits per heavy atom. The summed E-state index contributed by atoms with van der Waals surface area (Å²) < 4.78 is 25.7. The molecule has 7 rings (SSSR count). The molecule has 278 valence electrons. The van der Waals surface area contributed by atoms with Crippen molar-refractivity contribution in [3.63, 3.8) is 0 Å². The number of fused-ring (bicyclic) bond motifs is 4. The van der Waals surface area contributed by atoms with Crippen molar-refractivity contribution in [3.8, 4) is 0 Å². The smallest absolute Gasteiger partial charge is 0.338 e. The lowest BCUT2D eigenvalue weighted by molar-refractivity contribution is -0.355. The summed E-state index contributed by atoms with van der Waals surface area (Å²) in [4.78, 5) is 40.0. The van der Waals surface area contributed by atoms with Crippen molar-refractivity contribution in [2.24, 2.45) is 22.7 Å². The Balaban J connectivity index is 1.24. The quantitative estimate of drug-likeness (QED) is 0.231. The van der Waals surface area contributed by atoms with Crippen LogP contribution in [0.2, 0.25) is 0 Å². The molecule has 0 aromatic heterocycles. The number of hydrogen-bond donors (Lipinski definition) is 3. The number of amides is 1. The van der Waals surface area contributed by atoms with Gasteiger partial charge in [-0.25, -0.2) is 4.79 Å². The minimum absolute atomic E-state index is 0.0693. The number of carbonyl (C=O) groups is 3. The summed E-state index contributed by atoms with van der Waals surface area (Å²) in [6, 6.07) is 16.3. The molecule has 1 amide bonds. The van der Waals surface area contributed by atoms with Crippen LogP contribution in [0.4, 0.5) is 0 Å². The second-order valence-corrected chi connectivity index (χ2v) is 16.3. The fourth-order valence-electron chi connectivity index (χ4n) is 10.3. The lowest BCUT2D eigenvalue weighted by Crippen LogP contribution is -2.74. The number of aliphatic hydroxyl groups excluding tert-OH is 1. The van der Waals surface area contributed by atoms with Gasteiger partial charge in [-0.1, -0.05) is 81.5 Å². The van der Waals surface area contributed by atoms with Crippen LogP contribution in [-0.2, 0) is 28.5 Å². The van der Waals surface area contributed by atoms with Crippen molar-refractivity contribution in [2.45, 2.75) is 121 Å². The molecular formula is C42H51NO9. The highest BCUT2D eigenvalue weighted by molar-refractivity contribution is 5.95. The maximum absolute atomic E-state index is 14.0. The molecule has 4 aliphatic carbocycles. The van der Waals surface area contributed by atoms with Gasteiger partial charge in [-0.05, 0) is 68.4 Å². The summed E-state index contributed by atoms with van der Waals surface area (Å²) >= 11 is 0. The van der Waals surface area contributed by atoms with Gasteiger partial charge in [-0.2, -0.15) is 0 Å². The second kappa shape index (κ2) is 13.2. The molecule has 3 saturated carbocycles. The van der Waals surface area contributed by atoms with Gasteiger partial charge in [-0.3, -0.25) is 9.59 Å². The number of ether oxygens (including phenoxy) is 4. The summed E-state index contributed by atoms with van der Waals surface area (Å²) in [5.41, 5.74) is -0.956. The van der Waals surface area contributed by atoms with E-state index >= 15 is 0 Å². The Bertz CT molecular complexity index is 1760. The average Bonchev–Trinajstić information content (AvgIpc) is 3.11. The molecule has 2 aromatic rings. The van der Waals surface area contributed by atoms with Crippen molar-refractivity contribution >= 4 is 17.8 Å². The van der Waals surface area contributed by atoms with E-state index in [-0.39, 0.29) is 42.9 Å². The van der Waals surface area contributed by atoms with Crippen LogP contribution in [0.15, 0.2) is 84.5 Å². The van der Waals surface area contributed by atoms with Gasteiger partial charge in [0.05, 0.1) is 23.9 Å². The van der Waals surface area contributed by atoms with E-state index < -0.39 is 58.4 Å². The number of rotatable bonds is 8. The Morgan fingerprint density at radius 3 is 2.27 bits per heavy atom. The van der Waals surface area contributed by atoms with E-state index in [0.29, 0.717) is 30.4 Å². The van der Waals surface area contributed by atoms with Crippen LogP contribution in [0.1, 0.15) is 95.1 Å². The van der Waals surface area contributed by atoms with E-state index in [1.54, 1.807) is 60.7 Å². The van der Waals surface area contributed by atoms with Gasteiger partial charge >= 0.3 is 11.9 Å². The first-order chi connectivity index (χ1) is 24.6.